The lowest BCUT2D eigenvalue weighted by Crippen LogP contribution is -2.45. The SMILES string of the molecule is CN(C(=O)/C=C/c1ccc(Br)s1)C1CCCCC1O. The van der Waals surface area contributed by atoms with E-state index in [1.54, 1.807) is 29.4 Å². The Hall–Kier alpha value is -0.650. The minimum absolute atomic E-state index is 0.0408. The molecule has 1 aliphatic carbocycles. The fourth-order valence-corrected chi connectivity index (χ4v) is 3.72. The molecule has 1 aromatic heterocycles. The van der Waals surface area contributed by atoms with Crippen LogP contribution in [0.5, 0.6) is 0 Å². The van der Waals surface area contributed by atoms with Gasteiger partial charge in [-0.05, 0) is 47.0 Å². The summed E-state index contributed by atoms with van der Waals surface area (Å²) in [4.78, 5) is 14.8. The molecule has 0 bridgehead atoms. The van der Waals surface area contributed by atoms with Crippen molar-refractivity contribution in [2.45, 2.75) is 37.8 Å². The van der Waals surface area contributed by atoms with Gasteiger partial charge in [0.05, 0.1) is 15.9 Å². The highest BCUT2D eigenvalue weighted by Gasteiger charge is 2.28. The monoisotopic (exact) mass is 343 g/mol. The summed E-state index contributed by atoms with van der Waals surface area (Å²) in [5, 5.41) is 9.95. The average molecular weight is 344 g/mol. The van der Waals surface area contributed by atoms with E-state index in [-0.39, 0.29) is 18.1 Å². The number of amides is 1. The summed E-state index contributed by atoms with van der Waals surface area (Å²) in [6, 6.07) is 3.89. The van der Waals surface area contributed by atoms with Gasteiger partial charge in [-0.25, -0.2) is 0 Å². The Morgan fingerprint density at radius 1 is 1.47 bits per heavy atom. The average Bonchev–Trinajstić information content (AvgIpc) is 2.81. The minimum atomic E-state index is -0.382. The van der Waals surface area contributed by atoms with Crippen molar-refractivity contribution in [3.8, 4) is 0 Å². The third-order valence-corrected chi connectivity index (χ3v) is 5.11. The van der Waals surface area contributed by atoms with Crippen LogP contribution in [-0.4, -0.2) is 35.1 Å². The van der Waals surface area contributed by atoms with Crippen LogP contribution >= 0.6 is 27.3 Å². The van der Waals surface area contributed by atoms with E-state index in [1.165, 1.54) is 0 Å². The van der Waals surface area contributed by atoms with E-state index in [1.807, 2.05) is 18.2 Å². The minimum Gasteiger partial charge on any atom is -0.391 e. The highest BCUT2D eigenvalue weighted by Crippen LogP contribution is 2.24. The van der Waals surface area contributed by atoms with Gasteiger partial charge in [-0.1, -0.05) is 12.8 Å². The number of aliphatic hydroxyl groups excluding tert-OH is 1. The summed E-state index contributed by atoms with van der Waals surface area (Å²) in [5.74, 6) is -0.0459. The molecule has 1 heterocycles. The van der Waals surface area contributed by atoms with E-state index in [0.29, 0.717) is 0 Å². The number of aliphatic hydroxyl groups is 1. The Labute approximate surface area is 126 Å². The smallest absolute Gasteiger partial charge is 0.246 e. The summed E-state index contributed by atoms with van der Waals surface area (Å²) < 4.78 is 1.05. The van der Waals surface area contributed by atoms with Crippen molar-refractivity contribution < 1.29 is 9.90 Å². The van der Waals surface area contributed by atoms with Crippen LogP contribution in [0.4, 0.5) is 0 Å². The molecule has 1 fully saturated rings. The molecular weight excluding hydrogens is 326 g/mol. The molecular formula is C14H18BrNO2S. The largest absolute Gasteiger partial charge is 0.391 e. The van der Waals surface area contributed by atoms with Gasteiger partial charge in [0.1, 0.15) is 0 Å². The fraction of sp³-hybridized carbons (Fsp3) is 0.500. The standard InChI is InChI=1S/C14H18BrNO2S/c1-16(11-4-2-3-5-12(11)17)14(18)9-7-10-6-8-13(15)19-10/h6-9,11-12,17H,2-5H2,1H3/b9-7+. The number of nitrogens with zero attached hydrogens (tertiary/aromatic N) is 1. The highest BCUT2D eigenvalue weighted by molar-refractivity contribution is 9.11. The fourth-order valence-electron chi connectivity index (χ4n) is 2.40. The van der Waals surface area contributed by atoms with Crippen molar-refractivity contribution in [1.82, 2.24) is 4.90 Å². The molecule has 104 valence electrons. The number of carbonyl (C=O) groups excluding carboxylic acids is 1. The summed E-state index contributed by atoms with van der Waals surface area (Å²) in [7, 11) is 1.77. The lowest BCUT2D eigenvalue weighted by atomic mass is 9.91. The van der Waals surface area contributed by atoms with Crippen molar-refractivity contribution in [1.29, 1.82) is 0 Å². The molecule has 1 aromatic rings. The Morgan fingerprint density at radius 3 is 2.84 bits per heavy atom. The number of rotatable bonds is 3. The van der Waals surface area contributed by atoms with Crippen LogP contribution in [0.3, 0.4) is 0 Å². The topological polar surface area (TPSA) is 40.5 Å². The first-order valence-electron chi connectivity index (χ1n) is 6.46. The maximum absolute atomic E-state index is 12.1. The quantitative estimate of drug-likeness (QED) is 0.855. The van der Waals surface area contributed by atoms with E-state index in [4.69, 9.17) is 0 Å². The summed E-state index contributed by atoms with van der Waals surface area (Å²) >= 11 is 4.98. The van der Waals surface area contributed by atoms with E-state index >= 15 is 0 Å². The lowest BCUT2D eigenvalue weighted by molar-refractivity contribution is -0.130. The maximum Gasteiger partial charge on any atom is 0.246 e. The third-order valence-electron chi connectivity index (χ3n) is 3.52. The molecule has 0 aromatic carbocycles. The maximum atomic E-state index is 12.1. The van der Waals surface area contributed by atoms with Gasteiger partial charge in [-0.15, -0.1) is 11.3 Å². The summed E-state index contributed by atoms with van der Waals surface area (Å²) in [5.41, 5.74) is 0. The van der Waals surface area contributed by atoms with E-state index in [2.05, 4.69) is 15.9 Å². The number of carbonyl (C=O) groups is 1. The Balaban J connectivity index is 1.97. The first-order valence-corrected chi connectivity index (χ1v) is 8.07. The highest BCUT2D eigenvalue weighted by atomic mass is 79.9. The second-order valence-corrected chi connectivity index (χ2v) is 7.34. The van der Waals surface area contributed by atoms with Gasteiger partial charge in [-0.2, -0.15) is 0 Å². The van der Waals surface area contributed by atoms with Gasteiger partial charge in [-0.3, -0.25) is 4.79 Å². The zero-order valence-corrected chi connectivity index (χ0v) is 13.3. The van der Waals surface area contributed by atoms with Crippen LogP contribution in [0.1, 0.15) is 30.6 Å². The van der Waals surface area contributed by atoms with Crippen molar-refractivity contribution in [2.24, 2.45) is 0 Å². The van der Waals surface area contributed by atoms with Crippen molar-refractivity contribution in [3.05, 3.63) is 26.9 Å². The predicted molar refractivity (Wildman–Crippen MR) is 82.1 cm³/mol. The molecule has 3 nitrogen and oxygen atoms in total. The zero-order valence-electron chi connectivity index (χ0n) is 10.9. The van der Waals surface area contributed by atoms with E-state index in [0.717, 1.165) is 34.3 Å². The molecule has 2 atom stereocenters. The Morgan fingerprint density at radius 2 is 2.21 bits per heavy atom. The molecule has 1 amide bonds. The molecule has 0 aliphatic heterocycles. The molecule has 19 heavy (non-hydrogen) atoms. The van der Waals surface area contributed by atoms with Crippen LogP contribution < -0.4 is 0 Å². The third kappa shape index (κ3) is 3.91. The molecule has 1 aliphatic rings. The summed E-state index contributed by atoms with van der Waals surface area (Å²) in [6.45, 7) is 0. The molecule has 1 saturated carbocycles. The first kappa shape index (κ1) is 14.8. The summed E-state index contributed by atoms with van der Waals surface area (Å²) in [6.07, 6.45) is 6.85. The van der Waals surface area contributed by atoms with Crippen LogP contribution in [0.25, 0.3) is 6.08 Å². The molecule has 5 heteroatoms. The second-order valence-electron chi connectivity index (χ2n) is 4.84. The lowest BCUT2D eigenvalue weighted by Gasteiger charge is -2.34. The van der Waals surface area contributed by atoms with Crippen molar-refractivity contribution in [2.75, 3.05) is 7.05 Å². The van der Waals surface area contributed by atoms with Crippen molar-refractivity contribution >= 4 is 39.2 Å². The number of hydrogen-bond acceptors (Lipinski definition) is 3. The molecule has 1 N–H and O–H groups in total. The normalized spacial score (nSPS) is 23.7. The van der Waals surface area contributed by atoms with Gasteiger partial charge < -0.3 is 10.0 Å². The molecule has 0 radical (unpaired) electrons. The van der Waals surface area contributed by atoms with E-state index in [9.17, 15) is 9.90 Å². The van der Waals surface area contributed by atoms with Gasteiger partial charge in [0.25, 0.3) is 0 Å². The Bertz CT molecular complexity index is 472. The molecule has 2 unspecified atom stereocenters. The van der Waals surface area contributed by atoms with Gasteiger partial charge in [0, 0.05) is 18.0 Å². The zero-order chi connectivity index (χ0) is 13.8. The predicted octanol–water partition coefficient (Wildman–Crippen LogP) is 3.29. The Kier molecular flexibility index (Phi) is 5.19. The number of likely N-dealkylation sites (N-methyl/N-ethyl adjacent to an activating group) is 1. The van der Waals surface area contributed by atoms with Crippen LogP contribution in [-0.2, 0) is 4.79 Å². The molecule has 0 saturated heterocycles. The van der Waals surface area contributed by atoms with Crippen LogP contribution in [0.2, 0.25) is 0 Å². The number of thiophene rings is 1. The van der Waals surface area contributed by atoms with Crippen LogP contribution in [0, 0.1) is 0 Å². The van der Waals surface area contributed by atoms with Gasteiger partial charge in [0.15, 0.2) is 0 Å². The van der Waals surface area contributed by atoms with Gasteiger partial charge in [0.2, 0.25) is 5.91 Å². The van der Waals surface area contributed by atoms with Crippen molar-refractivity contribution in [3.63, 3.8) is 0 Å². The van der Waals surface area contributed by atoms with Crippen LogP contribution in [0.15, 0.2) is 22.0 Å². The number of halogens is 1. The van der Waals surface area contributed by atoms with Gasteiger partial charge >= 0.3 is 0 Å². The molecule has 2 rings (SSSR count). The number of hydrogen-bond donors (Lipinski definition) is 1. The van der Waals surface area contributed by atoms with E-state index < -0.39 is 0 Å². The first-order chi connectivity index (χ1) is 9.08. The molecule has 0 spiro atoms. The second kappa shape index (κ2) is 6.68.